The Morgan fingerprint density at radius 2 is 1.90 bits per heavy atom. The Morgan fingerprint density at radius 1 is 1.25 bits per heavy atom. The highest BCUT2D eigenvalue weighted by atomic mass is 32.1. The van der Waals surface area contributed by atoms with Crippen LogP contribution in [0, 0.1) is 6.92 Å². The number of nitrogens with one attached hydrogen (secondary N) is 2. The number of nitrogens with zero attached hydrogens (tertiary/aromatic N) is 1. The third kappa shape index (κ3) is 4.18. The van der Waals surface area contributed by atoms with Crippen LogP contribution in [0.5, 0.6) is 0 Å². The van der Waals surface area contributed by atoms with Crippen LogP contribution in [0.15, 0.2) is 24.3 Å². The van der Waals surface area contributed by atoms with Gasteiger partial charge in [-0.25, -0.2) is 0 Å². The van der Waals surface area contributed by atoms with Crippen LogP contribution in [-0.2, 0) is 0 Å². The van der Waals surface area contributed by atoms with E-state index in [1.165, 1.54) is 5.56 Å². The van der Waals surface area contributed by atoms with Crippen molar-refractivity contribution in [2.24, 2.45) is 0 Å². The Hall–Kier alpha value is -1.13. The van der Waals surface area contributed by atoms with Gasteiger partial charge in [0.25, 0.3) is 0 Å². The Balaban J connectivity index is 1.80. The van der Waals surface area contributed by atoms with Crippen LogP contribution in [0.1, 0.15) is 32.3 Å². The molecular formula is C16H25N3S. The fourth-order valence-electron chi connectivity index (χ4n) is 2.62. The van der Waals surface area contributed by atoms with Gasteiger partial charge in [-0.05, 0) is 57.5 Å². The standard InChI is InChI=1S/C16H25N3S/c1-12(2)19-10-8-14(9-11-19)17-16(20)18-15-7-5-4-6-13(15)3/h4-7,12,14H,8-11H2,1-3H3,(H2,17,18,20). The molecule has 2 rings (SSSR count). The molecule has 0 bridgehead atoms. The lowest BCUT2D eigenvalue weighted by Gasteiger charge is -2.35. The molecule has 3 nitrogen and oxygen atoms in total. The first-order chi connectivity index (χ1) is 9.56. The maximum atomic E-state index is 5.42. The monoisotopic (exact) mass is 291 g/mol. The zero-order valence-electron chi connectivity index (χ0n) is 12.6. The second-order valence-corrected chi connectivity index (χ2v) is 6.23. The van der Waals surface area contributed by atoms with E-state index in [-0.39, 0.29) is 0 Å². The van der Waals surface area contributed by atoms with Gasteiger partial charge in [0.15, 0.2) is 5.11 Å². The third-order valence-corrected chi connectivity index (χ3v) is 4.21. The Bertz CT molecular complexity index is 451. The van der Waals surface area contributed by atoms with E-state index in [0.717, 1.165) is 36.7 Å². The van der Waals surface area contributed by atoms with Crippen molar-refractivity contribution < 1.29 is 0 Å². The second-order valence-electron chi connectivity index (χ2n) is 5.82. The van der Waals surface area contributed by atoms with Gasteiger partial charge in [-0.1, -0.05) is 18.2 Å². The highest BCUT2D eigenvalue weighted by molar-refractivity contribution is 7.80. The van der Waals surface area contributed by atoms with Gasteiger partial charge in [0.2, 0.25) is 0 Å². The summed E-state index contributed by atoms with van der Waals surface area (Å²) >= 11 is 5.42. The number of piperidine rings is 1. The van der Waals surface area contributed by atoms with Gasteiger partial charge < -0.3 is 15.5 Å². The minimum absolute atomic E-state index is 0.494. The Labute approximate surface area is 127 Å². The summed E-state index contributed by atoms with van der Waals surface area (Å²) in [6.45, 7) is 8.92. The van der Waals surface area contributed by atoms with E-state index in [0.29, 0.717) is 12.1 Å². The lowest BCUT2D eigenvalue weighted by molar-refractivity contribution is 0.168. The zero-order valence-corrected chi connectivity index (χ0v) is 13.5. The topological polar surface area (TPSA) is 27.3 Å². The number of para-hydroxylation sites is 1. The summed E-state index contributed by atoms with van der Waals surface area (Å²) in [4.78, 5) is 2.52. The number of aryl methyl sites for hydroxylation is 1. The lowest BCUT2D eigenvalue weighted by Crippen LogP contribution is -2.47. The summed E-state index contributed by atoms with van der Waals surface area (Å²) in [6, 6.07) is 9.36. The van der Waals surface area contributed by atoms with Crippen LogP contribution in [0.4, 0.5) is 5.69 Å². The van der Waals surface area contributed by atoms with E-state index in [1.807, 2.05) is 12.1 Å². The summed E-state index contributed by atoms with van der Waals surface area (Å²) in [5, 5.41) is 7.48. The first kappa shape index (κ1) is 15.3. The SMILES string of the molecule is Cc1ccccc1NC(=S)NC1CCN(C(C)C)CC1. The maximum absolute atomic E-state index is 5.42. The molecule has 0 amide bonds. The number of anilines is 1. The van der Waals surface area contributed by atoms with Crippen molar-refractivity contribution in [1.82, 2.24) is 10.2 Å². The highest BCUT2D eigenvalue weighted by Crippen LogP contribution is 2.15. The molecule has 0 unspecified atom stereocenters. The molecular weight excluding hydrogens is 266 g/mol. The minimum Gasteiger partial charge on any atom is -0.360 e. The molecule has 2 N–H and O–H groups in total. The molecule has 110 valence electrons. The number of thiocarbonyl (C=S) groups is 1. The Morgan fingerprint density at radius 3 is 2.50 bits per heavy atom. The van der Waals surface area contributed by atoms with Crippen molar-refractivity contribution in [3.8, 4) is 0 Å². The van der Waals surface area contributed by atoms with E-state index >= 15 is 0 Å². The van der Waals surface area contributed by atoms with Crippen LogP contribution < -0.4 is 10.6 Å². The molecule has 1 aliphatic rings. The van der Waals surface area contributed by atoms with E-state index < -0.39 is 0 Å². The summed E-state index contributed by atoms with van der Waals surface area (Å²) < 4.78 is 0. The van der Waals surface area contributed by atoms with E-state index in [9.17, 15) is 0 Å². The van der Waals surface area contributed by atoms with Gasteiger partial charge in [-0.3, -0.25) is 0 Å². The van der Waals surface area contributed by atoms with E-state index in [4.69, 9.17) is 12.2 Å². The van der Waals surface area contributed by atoms with Crippen molar-refractivity contribution in [3.63, 3.8) is 0 Å². The molecule has 1 aromatic rings. The molecule has 20 heavy (non-hydrogen) atoms. The Kier molecular flexibility index (Phi) is 5.38. The average molecular weight is 291 g/mol. The number of hydrogen-bond acceptors (Lipinski definition) is 2. The molecule has 0 aromatic heterocycles. The van der Waals surface area contributed by atoms with Gasteiger partial charge >= 0.3 is 0 Å². The smallest absolute Gasteiger partial charge is 0.171 e. The molecule has 1 fully saturated rings. The summed E-state index contributed by atoms with van der Waals surface area (Å²) in [7, 11) is 0. The minimum atomic E-state index is 0.494. The molecule has 1 aromatic carbocycles. The van der Waals surface area contributed by atoms with Crippen molar-refractivity contribution >= 4 is 23.0 Å². The molecule has 0 radical (unpaired) electrons. The molecule has 1 aliphatic heterocycles. The molecule has 0 spiro atoms. The number of hydrogen-bond donors (Lipinski definition) is 2. The van der Waals surface area contributed by atoms with Gasteiger partial charge in [0.05, 0.1) is 0 Å². The van der Waals surface area contributed by atoms with Crippen LogP contribution >= 0.6 is 12.2 Å². The van der Waals surface area contributed by atoms with Crippen molar-refractivity contribution in [2.45, 2.75) is 45.7 Å². The number of rotatable bonds is 3. The van der Waals surface area contributed by atoms with E-state index in [1.54, 1.807) is 0 Å². The molecule has 1 saturated heterocycles. The summed E-state index contributed by atoms with van der Waals surface area (Å²) in [6.07, 6.45) is 2.32. The molecule has 4 heteroatoms. The predicted octanol–water partition coefficient (Wildman–Crippen LogP) is 3.15. The fraction of sp³-hybridized carbons (Fsp3) is 0.562. The molecule has 0 atom stereocenters. The normalized spacial score (nSPS) is 17.2. The molecule has 1 heterocycles. The lowest BCUT2D eigenvalue weighted by atomic mass is 10.0. The van der Waals surface area contributed by atoms with Crippen LogP contribution in [-0.4, -0.2) is 35.2 Å². The second kappa shape index (κ2) is 7.04. The van der Waals surface area contributed by atoms with Gasteiger partial charge in [-0.15, -0.1) is 0 Å². The van der Waals surface area contributed by atoms with Crippen LogP contribution in [0.2, 0.25) is 0 Å². The van der Waals surface area contributed by atoms with Crippen LogP contribution in [0.25, 0.3) is 0 Å². The predicted molar refractivity (Wildman–Crippen MR) is 90.3 cm³/mol. The number of likely N-dealkylation sites (tertiary alicyclic amines) is 1. The molecule has 0 aliphatic carbocycles. The van der Waals surface area contributed by atoms with Crippen molar-refractivity contribution in [1.29, 1.82) is 0 Å². The van der Waals surface area contributed by atoms with Crippen LogP contribution in [0.3, 0.4) is 0 Å². The molecule has 0 saturated carbocycles. The third-order valence-electron chi connectivity index (χ3n) is 3.99. The van der Waals surface area contributed by atoms with Crippen molar-refractivity contribution in [3.05, 3.63) is 29.8 Å². The van der Waals surface area contributed by atoms with Crippen molar-refractivity contribution in [2.75, 3.05) is 18.4 Å². The summed E-state index contributed by atoms with van der Waals surface area (Å²) in [5.41, 5.74) is 2.30. The largest absolute Gasteiger partial charge is 0.360 e. The first-order valence-corrected chi connectivity index (χ1v) is 7.84. The average Bonchev–Trinajstić information content (AvgIpc) is 2.42. The maximum Gasteiger partial charge on any atom is 0.171 e. The number of benzene rings is 1. The van der Waals surface area contributed by atoms with Gasteiger partial charge in [0, 0.05) is 30.9 Å². The zero-order chi connectivity index (χ0) is 14.5. The van der Waals surface area contributed by atoms with Gasteiger partial charge in [-0.2, -0.15) is 0 Å². The quantitative estimate of drug-likeness (QED) is 0.837. The highest BCUT2D eigenvalue weighted by Gasteiger charge is 2.21. The fourth-order valence-corrected chi connectivity index (χ4v) is 2.89. The van der Waals surface area contributed by atoms with E-state index in [2.05, 4.69) is 48.4 Å². The first-order valence-electron chi connectivity index (χ1n) is 7.43. The van der Waals surface area contributed by atoms with Gasteiger partial charge in [0.1, 0.15) is 0 Å². The summed E-state index contributed by atoms with van der Waals surface area (Å²) in [5.74, 6) is 0.